The smallest absolute Gasteiger partial charge is 0.312 e. The van der Waals surface area contributed by atoms with Crippen molar-refractivity contribution < 1.29 is 28.6 Å². The Kier molecular flexibility index (Phi) is 10.5. The van der Waals surface area contributed by atoms with E-state index in [1.807, 2.05) is 19.9 Å². The first kappa shape index (κ1) is 33.6. The predicted molar refractivity (Wildman–Crippen MR) is 179 cm³/mol. The van der Waals surface area contributed by atoms with Crippen LogP contribution in [0.15, 0.2) is 48.9 Å². The van der Waals surface area contributed by atoms with Gasteiger partial charge in [0.25, 0.3) is 5.91 Å². The van der Waals surface area contributed by atoms with Crippen LogP contribution < -0.4 is 31.7 Å². The number of carbonyl (C=O) groups excluding carboxylic acids is 3. The molecule has 4 amide bonds. The number of aliphatic hydroxyl groups is 1. The Balaban J connectivity index is 1.22. The molecule has 0 bridgehead atoms. The zero-order valence-corrected chi connectivity index (χ0v) is 27.3. The molecule has 3 heterocycles. The van der Waals surface area contributed by atoms with Crippen molar-refractivity contribution in [1.82, 2.24) is 29.9 Å². The zero-order chi connectivity index (χ0) is 33.7. The van der Waals surface area contributed by atoms with Gasteiger partial charge in [0.15, 0.2) is 11.5 Å². The number of likely N-dealkylation sites (tertiary alicyclic amines) is 1. The zero-order valence-electron chi connectivity index (χ0n) is 26.1. The quantitative estimate of drug-likeness (QED) is 0.152. The molecule has 1 fully saturated rings. The third kappa shape index (κ3) is 7.61. The number of nitrogens with zero attached hydrogens (tertiary/aromatic N) is 4. The Morgan fingerprint density at radius 2 is 1.89 bits per heavy atom. The Bertz CT molecular complexity index is 1790. The number of aryl methyl sites for hydroxylation is 1. The van der Waals surface area contributed by atoms with Gasteiger partial charge in [0.2, 0.25) is 5.91 Å². The fourth-order valence-corrected chi connectivity index (χ4v) is 5.88. The Morgan fingerprint density at radius 1 is 1.15 bits per heavy atom. The first-order valence-corrected chi connectivity index (χ1v) is 15.8. The van der Waals surface area contributed by atoms with Gasteiger partial charge in [-0.3, -0.25) is 14.0 Å². The molecule has 2 unspecified atom stereocenters. The molecule has 1 aliphatic heterocycles. The number of carbonyl (C=O) groups is 3. The lowest BCUT2D eigenvalue weighted by molar-refractivity contribution is -0.126. The summed E-state index contributed by atoms with van der Waals surface area (Å²) in [6.07, 6.45) is 4.95. The van der Waals surface area contributed by atoms with E-state index >= 15 is 4.39 Å². The number of aromatic nitrogens is 3. The van der Waals surface area contributed by atoms with E-state index in [0.717, 1.165) is 5.56 Å². The highest BCUT2D eigenvalue weighted by Gasteiger charge is 2.28. The van der Waals surface area contributed by atoms with Crippen LogP contribution in [0.3, 0.4) is 0 Å². The largest absolute Gasteiger partial charge is 0.493 e. The van der Waals surface area contributed by atoms with Crippen LogP contribution in [0.4, 0.5) is 20.7 Å². The van der Waals surface area contributed by atoms with E-state index in [0.29, 0.717) is 77.6 Å². The second-order valence-corrected chi connectivity index (χ2v) is 11.8. The molecule has 1 aliphatic rings. The van der Waals surface area contributed by atoms with Crippen LogP contribution in [0, 0.1) is 18.7 Å². The molecule has 0 aliphatic carbocycles. The fraction of sp³-hybridized carbons (Fsp3) is 0.344. The number of primary amides is 1. The van der Waals surface area contributed by atoms with Gasteiger partial charge in [-0.1, -0.05) is 9.24 Å². The van der Waals surface area contributed by atoms with Gasteiger partial charge in [0.05, 0.1) is 24.6 Å². The normalized spacial score (nSPS) is 14.1. The van der Waals surface area contributed by atoms with E-state index in [1.165, 1.54) is 0 Å². The summed E-state index contributed by atoms with van der Waals surface area (Å²) in [7, 11) is 2.40. The van der Waals surface area contributed by atoms with E-state index in [-0.39, 0.29) is 30.8 Å². The van der Waals surface area contributed by atoms with Crippen LogP contribution in [0.1, 0.15) is 35.7 Å². The maximum atomic E-state index is 15.3. The van der Waals surface area contributed by atoms with Gasteiger partial charge >= 0.3 is 6.03 Å². The maximum Gasteiger partial charge on any atom is 0.312 e. The molecule has 0 saturated carbocycles. The molecule has 2 aromatic heterocycles. The molecule has 13 nitrogen and oxygen atoms in total. The SMILES string of the molecule is CCOc1ccc(-c2cnc3c(Nc4ccc(C(=O)N5CCC(C(=O)NCC(O)CNC(N)=O)CC5)c(C)c4)nccn23)c(F)c1P. The topological polar surface area (TPSA) is 176 Å². The summed E-state index contributed by atoms with van der Waals surface area (Å²) >= 11 is 0. The van der Waals surface area contributed by atoms with Crippen LogP contribution in [-0.2, 0) is 4.79 Å². The van der Waals surface area contributed by atoms with Gasteiger partial charge in [-0.2, -0.15) is 0 Å². The summed E-state index contributed by atoms with van der Waals surface area (Å²) in [4.78, 5) is 47.4. The molecule has 2 aromatic carbocycles. The van der Waals surface area contributed by atoms with Gasteiger partial charge in [0.1, 0.15) is 11.6 Å². The summed E-state index contributed by atoms with van der Waals surface area (Å²) in [5.41, 5.74) is 8.44. The van der Waals surface area contributed by atoms with Crippen molar-refractivity contribution in [2.75, 3.05) is 38.1 Å². The van der Waals surface area contributed by atoms with E-state index in [2.05, 4.69) is 35.2 Å². The molecule has 248 valence electrons. The highest BCUT2D eigenvalue weighted by Crippen LogP contribution is 2.30. The number of ether oxygens (including phenoxy) is 1. The van der Waals surface area contributed by atoms with Gasteiger partial charge in [-0.25, -0.2) is 19.2 Å². The minimum atomic E-state index is -0.952. The van der Waals surface area contributed by atoms with E-state index in [4.69, 9.17) is 10.5 Å². The number of nitrogens with one attached hydrogen (secondary N) is 3. The van der Waals surface area contributed by atoms with Crippen LogP contribution in [0.5, 0.6) is 5.75 Å². The van der Waals surface area contributed by atoms with Crippen LogP contribution >= 0.6 is 9.24 Å². The molecule has 5 rings (SSSR count). The van der Waals surface area contributed by atoms with Crippen LogP contribution in [0.2, 0.25) is 0 Å². The molecule has 6 N–H and O–H groups in total. The average Bonchev–Trinajstić information content (AvgIpc) is 3.50. The van der Waals surface area contributed by atoms with Crippen LogP contribution in [0.25, 0.3) is 16.9 Å². The van der Waals surface area contributed by atoms with E-state index < -0.39 is 18.0 Å². The number of imidazole rings is 1. The molecule has 15 heteroatoms. The molecular weight excluding hydrogens is 626 g/mol. The number of hydrogen-bond acceptors (Lipinski definition) is 8. The standard InChI is InChI=1S/C32H38FN8O5P/c1-3-46-25-7-6-23(26(33)27(25)47)24-17-36-29-28(35-10-13-41(24)29)39-20-4-5-22(18(2)14-20)31(44)40-11-8-19(9-12-40)30(43)37-15-21(42)16-38-32(34)45/h4-7,10,13-14,17,19,21,42H,3,8-9,11-12,15-16,47H2,1-2H3,(H,35,39)(H,37,43)(H3,34,38,45). The number of anilines is 2. The number of piperidine rings is 1. The monoisotopic (exact) mass is 664 g/mol. The van der Waals surface area contributed by atoms with Crippen molar-refractivity contribution in [2.45, 2.75) is 32.8 Å². The molecule has 47 heavy (non-hydrogen) atoms. The molecular formula is C32H38FN8O5P. The Morgan fingerprint density at radius 3 is 2.60 bits per heavy atom. The first-order chi connectivity index (χ1) is 22.6. The number of benzene rings is 2. The lowest BCUT2D eigenvalue weighted by atomic mass is 9.95. The van der Waals surface area contributed by atoms with Crippen LogP contribution in [-0.4, -0.2) is 81.1 Å². The second kappa shape index (κ2) is 14.7. The third-order valence-corrected chi connectivity index (χ3v) is 8.58. The lowest BCUT2D eigenvalue weighted by Gasteiger charge is -2.32. The highest BCUT2D eigenvalue weighted by molar-refractivity contribution is 7.27. The van der Waals surface area contributed by atoms with Crippen molar-refractivity contribution in [3.05, 3.63) is 65.9 Å². The Hall–Kier alpha value is -4.81. The minimum absolute atomic E-state index is 0.0101. The summed E-state index contributed by atoms with van der Waals surface area (Å²) in [6.45, 7) is 4.90. The number of rotatable bonds is 11. The maximum absolute atomic E-state index is 15.3. The summed E-state index contributed by atoms with van der Waals surface area (Å²) in [5.74, 6) is -0.0868. The number of nitrogens with two attached hydrogens (primary N) is 1. The van der Waals surface area contributed by atoms with Crippen molar-refractivity contribution in [3.63, 3.8) is 0 Å². The second-order valence-electron chi connectivity index (χ2n) is 11.3. The lowest BCUT2D eigenvalue weighted by Crippen LogP contribution is -2.46. The molecule has 0 radical (unpaired) electrons. The van der Waals surface area contributed by atoms with Crippen molar-refractivity contribution in [2.24, 2.45) is 11.7 Å². The van der Waals surface area contributed by atoms with Gasteiger partial charge < -0.3 is 36.4 Å². The molecule has 0 spiro atoms. The highest BCUT2D eigenvalue weighted by atomic mass is 31.0. The number of fused-ring (bicyclic) bond motifs is 1. The molecule has 4 aromatic rings. The van der Waals surface area contributed by atoms with E-state index in [9.17, 15) is 19.5 Å². The predicted octanol–water partition coefficient (Wildman–Crippen LogP) is 2.48. The van der Waals surface area contributed by atoms with Gasteiger partial charge in [-0.05, 0) is 62.6 Å². The van der Waals surface area contributed by atoms with E-state index in [1.54, 1.807) is 52.2 Å². The summed E-state index contributed by atoms with van der Waals surface area (Å²) in [6, 6.07) is 8.06. The number of aliphatic hydroxyl groups excluding tert-OH is 1. The average molecular weight is 665 g/mol. The Labute approximate surface area is 273 Å². The fourth-order valence-electron chi connectivity index (χ4n) is 5.55. The molecule has 1 saturated heterocycles. The van der Waals surface area contributed by atoms with Crippen molar-refractivity contribution in [3.8, 4) is 17.0 Å². The number of hydrogen-bond donors (Lipinski definition) is 5. The first-order valence-electron chi connectivity index (χ1n) is 15.3. The van der Waals surface area contributed by atoms with Gasteiger partial charge in [-0.15, -0.1) is 0 Å². The third-order valence-electron chi connectivity index (χ3n) is 8.04. The summed E-state index contributed by atoms with van der Waals surface area (Å²) < 4.78 is 22.6. The number of halogens is 1. The minimum Gasteiger partial charge on any atom is -0.493 e. The van der Waals surface area contributed by atoms with Crippen molar-refractivity contribution in [1.29, 1.82) is 0 Å². The number of amides is 4. The van der Waals surface area contributed by atoms with Crippen molar-refractivity contribution >= 4 is 49.5 Å². The molecule has 2 atom stereocenters. The summed E-state index contributed by atoms with van der Waals surface area (Å²) in [5, 5.41) is 18.5. The van der Waals surface area contributed by atoms with Gasteiger partial charge in [0, 0.05) is 66.6 Å². The number of urea groups is 1.